The molecule has 106 valence electrons. The lowest BCUT2D eigenvalue weighted by atomic mass is 9.79. The van der Waals surface area contributed by atoms with E-state index in [1.165, 1.54) is 41.7 Å². The van der Waals surface area contributed by atoms with Gasteiger partial charge in [-0.15, -0.1) is 11.8 Å². The van der Waals surface area contributed by atoms with Gasteiger partial charge in [-0.3, -0.25) is 0 Å². The number of rotatable bonds is 4. The van der Waals surface area contributed by atoms with Crippen LogP contribution in [0.5, 0.6) is 5.75 Å². The van der Waals surface area contributed by atoms with Gasteiger partial charge in [0.2, 0.25) is 0 Å². The minimum Gasteiger partial charge on any atom is -0.496 e. The first kappa shape index (κ1) is 14.8. The third kappa shape index (κ3) is 3.10. The van der Waals surface area contributed by atoms with Crippen LogP contribution in [0.3, 0.4) is 0 Å². The van der Waals surface area contributed by atoms with Crippen molar-refractivity contribution in [3.8, 4) is 5.75 Å². The van der Waals surface area contributed by atoms with Crippen molar-refractivity contribution in [2.24, 2.45) is 0 Å². The summed E-state index contributed by atoms with van der Waals surface area (Å²) in [4.78, 5) is 1.47. The summed E-state index contributed by atoms with van der Waals surface area (Å²) in [6.45, 7) is 9.17. The second-order valence-electron chi connectivity index (χ2n) is 6.29. The van der Waals surface area contributed by atoms with Crippen LogP contribution in [0.15, 0.2) is 17.0 Å². The number of fused-ring (bicyclic) bond motifs is 1. The van der Waals surface area contributed by atoms with Crippen molar-refractivity contribution in [1.29, 1.82) is 0 Å². The summed E-state index contributed by atoms with van der Waals surface area (Å²) in [5.41, 5.74) is 2.98. The predicted octanol–water partition coefficient (Wildman–Crippen LogP) is 5.34. The lowest BCUT2D eigenvalue weighted by molar-refractivity contribution is 0.401. The molecule has 1 heterocycles. The Hall–Kier alpha value is -0.630. The quantitative estimate of drug-likeness (QED) is 0.735. The van der Waals surface area contributed by atoms with Crippen molar-refractivity contribution in [1.82, 2.24) is 0 Å². The minimum atomic E-state index is 0.264. The molecule has 0 N–H and O–H groups in total. The Kier molecular flexibility index (Phi) is 4.50. The first-order valence-corrected chi connectivity index (χ1v) is 8.21. The fourth-order valence-electron chi connectivity index (χ4n) is 3.00. The van der Waals surface area contributed by atoms with Gasteiger partial charge in [0.25, 0.3) is 0 Å². The molecule has 0 aliphatic carbocycles. The van der Waals surface area contributed by atoms with E-state index in [2.05, 4.69) is 51.6 Å². The maximum atomic E-state index is 5.49. The number of methoxy groups -OCH3 is 1. The Labute approximate surface area is 122 Å². The van der Waals surface area contributed by atoms with Gasteiger partial charge in [-0.2, -0.15) is 0 Å². The standard InChI is InChI=1S/C17H26OS/c1-6-7-8-13-11-17(3,4)14-10-15(18-5)12(2)9-16(14)19-13/h9-10,13H,6-8,11H2,1-5H3. The molecule has 1 aliphatic heterocycles. The largest absolute Gasteiger partial charge is 0.496 e. The number of thioether (sulfide) groups is 1. The van der Waals surface area contributed by atoms with Crippen LogP contribution in [0.25, 0.3) is 0 Å². The van der Waals surface area contributed by atoms with E-state index in [9.17, 15) is 0 Å². The first-order valence-electron chi connectivity index (χ1n) is 7.33. The third-order valence-corrected chi connectivity index (χ3v) is 5.46. The summed E-state index contributed by atoms with van der Waals surface area (Å²) >= 11 is 2.08. The fourth-order valence-corrected chi connectivity index (χ4v) is 4.85. The van der Waals surface area contributed by atoms with Crippen molar-refractivity contribution in [3.05, 3.63) is 23.3 Å². The highest BCUT2D eigenvalue weighted by Crippen LogP contribution is 2.48. The maximum Gasteiger partial charge on any atom is 0.122 e. The molecule has 2 rings (SSSR count). The molecule has 1 nitrogen and oxygen atoms in total. The van der Waals surface area contributed by atoms with Gasteiger partial charge in [0.1, 0.15) is 5.75 Å². The normalized spacial score (nSPS) is 21.0. The number of unbranched alkanes of at least 4 members (excludes halogenated alkanes) is 1. The Morgan fingerprint density at radius 2 is 2.11 bits per heavy atom. The molecule has 1 aromatic carbocycles. The summed E-state index contributed by atoms with van der Waals surface area (Å²) < 4.78 is 5.49. The monoisotopic (exact) mass is 278 g/mol. The number of aryl methyl sites for hydroxylation is 1. The molecular weight excluding hydrogens is 252 g/mol. The molecule has 1 atom stereocenters. The Bertz CT molecular complexity index is 451. The van der Waals surface area contributed by atoms with E-state index in [0.29, 0.717) is 0 Å². The van der Waals surface area contributed by atoms with Crippen molar-refractivity contribution in [2.75, 3.05) is 7.11 Å². The molecule has 0 fully saturated rings. The fraction of sp³-hybridized carbons (Fsp3) is 0.647. The Morgan fingerprint density at radius 1 is 1.37 bits per heavy atom. The highest BCUT2D eigenvalue weighted by Gasteiger charge is 2.33. The van der Waals surface area contributed by atoms with E-state index in [-0.39, 0.29) is 5.41 Å². The Balaban J connectivity index is 2.33. The lowest BCUT2D eigenvalue weighted by Gasteiger charge is -2.37. The number of benzene rings is 1. The van der Waals surface area contributed by atoms with Crippen LogP contribution in [-0.2, 0) is 5.41 Å². The van der Waals surface area contributed by atoms with Gasteiger partial charge >= 0.3 is 0 Å². The average molecular weight is 278 g/mol. The van der Waals surface area contributed by atoms with Crippen LogP contribution in [0.1, 0.15) is 57.6 Å². The van der Waals surface area contributed by atoms with Crippen LogP contribution < -0.4 is 4.74 Å². The zero-order valence-electron chi connectivity index (χ0n) is 12.9. The third-order valence-electron chi connectivity index (χ3n) is 4.14. The number of hydrogen-bond donors (Lipinski definition) is 0. The van der Waals surface area contributed by atoms with E-state index in [1.807, 2.05) is 0 Å². The summed E-state index contributed by atoms with van der Waals surface area (Å²) in [6, 6.07) is 4.58. The molecule has 2 heteroatoms. The molecule has 0 aromatic heterocycles. The summed E-state index contributed by atoms with van der Waals surface area (Å²) in [5, 5.41) is 0.773. The van der Waals surface area contributed by atoms with E-state index in [0.717, 1.165) is 11.0 Å². The topological polar surface area (TPSA) is 9.23 Å². The molecule has 0 bridgehead atoms. The average Bonchev–Trinajstić information content (AvgIpc) is 2.34. The molecule has 19 heavy (non-hydrogen) atoms. The minimum absolute atomic E-state index is 0.264. The molecular formula is C17H26OS. The van der Waals surface area contributed by atoms with Gasteiger partial charge < -0.3 is 4.74 Å². The molecule has 0 radical (unpaired) electrons. The van der Waals surface area contributed by atoms with Crippen molar-refractivity contribution in [2.45, 2.75) is 68.9 Å². The molecule has 0 saturated carbocycles. The number of ether oxygens (including phenoxy) is 1. The molecule has 1 aliphatic rings. The zero-order valence-corrected chi connectivity index (χ0v) is 13.7. The molecule has 1 unspecified atom stereocenters. The van der Waals surface area contributed by atoms with E-state index in [1.54, 1.807) is 7.11 Å². The van der Waals surface area contributed by atoms with Crippen molar-refractivity contribution >= 4 is 11.8 Å². The lowest BCUT2D eigenvalue weighted by Crippen LogP contribution is -2.28. The zero-order chi connectivity index (χ0) is 14.0. The maximum absolute atomic E-state index is 5.49. The number of hydrogen-bond acceptors (Lipinski definition) is 2. The van der Waals surface area contributed by atoms with Crippen LogP contribution in [0, 0.1) is 6.92 Å². The summed E-state index contributed by atoms with van der Waals surface area (Å²) in [5.74, 6) is 1.03. The first-order chi connectivity index (χ1) is 8.97. The highest BCUT2D eigenvalue weighted by atomic mass is 32.2. The van der Waals surface area contributed by atoms with E-state index in [4.69, 9.17) is 4.74 Å². The smallest absolute Gasteiger partial charge is 0.122 e. The van der Waals surface area contributed by atoms with Crippen molar-refractivity contribution < 1.29 is 4.74 Å². The van der Waals surface area contributed by atoms with Gasteiger partial charge in [0, 0.05) is 10.1 Å². The predicted molar refractivity (Wildman–Crippen MR) is 84.5 cm³/mol. The van der Waals surface area contributed by atoms with Crippen LogP contribution in [0.4, 0.5) is 0 Å². The van der Waals surface area contributed by atoms with E-state index >= 15 is 0 Å². The molecule has 0 spiro atoms. The highest BCUT2D eigenvalue weighted by molar-refractivity contribution is 8.00. The van der Waals surface area contributed by atoms with Crippen molar-refractivity contribution in [3.63, 3.8) is 0 Å². The molecule has 1 aromatic rings. The molecule has 0 amide bonds. The second kappa shape index (κ2) is 5.78. The van der Waals surface area contributed by atoms with Gasteiger partial charge in [-0.25, -0.2) is 0 Å². The van der Waals surface area contributed by atoms with E-state index < -0.39 is 0 Å². The van der Waals surface area contributed by atoms with Gasteiger partial charge in [-0.1, -0.05) is 33.6 Å². The Morgan fingerprint density at radius 3 is 2.74 bits per heavy atom. The summed E-state index contributed by atoms with van der Waals surface area (Å²) in [7, 11) is 1.77. The van der Waals surface area contributed by atoms with Crippen LogP contribution in [-0.4, -0.2) is 12.4 Å². The molecule has 0 saturated heterocycles. The SMILES string of the molecule is CCCCC1CC(C)(C)c2cc(OC)c(C)cc2S1. The van der Waals surface area contributed by atoms with Gasteiger partial charge in [0.05, 0.1) is 7.11 Å². The van der Waals surface area contributed by atoms with Gasteiger partial charge in [0.15, 0.2) is 0 Å². The second-order valence-corrected chi connectivity index (χ2v) is 7.63. The van der Waals surface area contributed by atoms with Crippen LogP contribution >= 0.6 is 11.8 Å². The van der Waals surface area contributed by atoms with Gasteiger partial charge in [-0.05, 0) is 48.4 Å². The summed E-state index contributed by atoms with van der Waals surface area (Å²) in [6.07, 6.45) is 5.26. The van der Waals surface area contributed by atoms with Crippen LogP contribution in [0.2, 0.25) is 0 Å².